The van der Waals surface area contributed by atoms with E-state index in [0.717, 1.165) is 5.56 Å². The van der Waals surface area contributed by atoms with E-state index in [0.29, 0.717) is 5.75 Å². The van der Waals surface area contributed by atoms with Gasteiger partial charge in [-0.15, -0.1) is 0 Å². The van der Waals surface area contributed by atoms with Gasteiger partial charge in [0.25, 0.3) is 0 Å². The molecule has 1 atom stereocenters. The minimum Gasteiger partial charge on any atom is -0.497 e. The molecule has 0 saturated heterocycles. The Bertz CT molecular complexity index is 616. The maximum atomic E-state index is 13.7. The Morgan fingerprint density at radius 2 is 2.20 bits per heavy atom. The van der Waals surface area contributed by atoms with Gasteiger partial charge < -0.3 is 9.84 Å². The molecule has 2 rings (SSSR count). The number of nitrogens with zero attached hydrogens (tertiary/aromatic N) is 1. The molecule has 1 aromatic heterocycles. The molecule has 0 saturated carbocycles. The van der Waals surface area contributed by atoms with Crippen LogP contribution in [0.25, 0.3) is 0 Å². The predicted molar refractivity (Wildman–Crippen MR) is 71.3 cm³/mol. The molecule has 1 N–H and O–H groups in total. The maximum absolute atomic E-state index is 13.7. The second-order valence-corrected chi connectivity index (χ2v) is 4.32. The third-order valence-electron chi connectivity index (χ3n) is 2.99. The van der Waals surface area contributed by atoms with E-state index in [1.807, 2.05) is 0 Å². The monoisotopic (exact) mass is 275 g/mol. The number of methoxy groups -OCH3 is 1. The minimum atomic E-state index is -1.11. The van der Waals surface area contributed by atoms with E-state index >= 15 is 0 Å². The van der Waals surface area contributed by atoms with Gasteiger partial charge in [0, 0.05) is 6.20 Å². The number of carboxylic acids is 1. The van der Waals surface area contributed by atoms with E-state index < -0.39 is 17.7 Å². The Labute approximate surface area is 115 Å². The highest BCUT2D eigenvalue weighted by Gasteiger charge is 2.25. The molecule has 104 valence electrons. The average Bonchev–Trinajstić information content (AvgIpc) is 2.45. The number of aromatic nitrogens is 1. The summed E-state index contributed by atoms with van der Waals surface area (Å²) in [6.45, 7) is 0. The van der Waals surface area contributed by atoms with E-state index in [1.54, 1.807) is 24.3 Å². The minimum absolute atomic E-state index is 0.0529. The zero-order valence-corrected chi connectivity index (χ0v) is 10.9. The van der Waals surface area contributed by atoms with Crippen molar-refractivity contribution in [3.8, 4) is 5.75 Å². The maximum Gasteiger partial charge on any atom is 0.313 e. The summed E-state index contributed by atoms with van der Waals surface area (Å²) in [5, 5.41) is 9.30. The summed E-state index contributed by atoms with van der Waals surface area (Å²) >= 11 is 0. The first-order valence-corrected chi connectivity index (χ1v) is 6.08. The van der Waals surface area contributed by atoms with Gasteiger partial charge in [-0.1, -0.05) is 12.1 Å². The zero-order valence-electron chi connectivity index (χ0n) is 10.9. The summed E-state index contributed by atoms with van der Waals surface area (Å²) in [6, 6.07) is 9.69. The fourth-order valence-corrected chi connectivity index (χ4v) is 1.99. The van der Waals surface area contributed by atoms with E-state index in [4.69, 9.17) is 4.74 Å². The lowest BCUT2D eigenvalue weighted by Crippen LogP contribution is -2.17. The van der Waals surface area contributed by atoms with E-state index in [9.17, 15) is 14.3 Å². The number of hydrogen-bond acceptors (Lipinski definition) is 3. The third-order valence-corrected chi connectivity index (χ3v) is 2.99. The summed E-state index contributed by atoms with van der Waals surface area (Å²) in [5.74, 6) is -2.11. The van der Waals surface area contributed by atoms with Crippen LogP contribution in [-0.2, 0) is 11.2 Å². The predicted octanol–water partition coefficient (Wildman–Crippen LogP) is 2.64. The van der Waals surface area contributed by atoms with Crippen molar-refractivity contribution in [2.24, 2.45) is 0 Å². The van der Waals surface area contributed by atoms with Crippen LogP contribution in [0.1, 0.15) is 17.2 Å². The molecule has 5 heteroatoms. The first kappa shape index (κ1) is 14.0. The largest absolute Gasteiger partial charge is 0.497 e. The fraction of sp³-hybridized carbons (Fsp3) is 0.200. The SMILES string of the molecule is COc1cccc(CC(C(=O)O)c2ncccc2F)c1. The van der Waals surface area contributed by atoms with Gasteiger partial charge in [0.05, 0.1) is 12.8 Å². The molecular weight excluding hydrogens is 261 g/mol. The molecule has 1 heterocycles. The van der Waals surface area contributed by atoms with Gasteiger partial charge in [0.2, 0.25) is 0 Å². The molecule has 2 aromatic rings. The molecule has 0 bridgehead atoms. The molecule has 0 radical (unpaired) electrons. The third kappa shape index (κ3) is 3.12. The van der Waals surface area contributed by atoms with Crippen molar-refractivity contribution >= 4 is 5.97 Å². The van der Waals surface area contributed by atoms with Crippen molar-refractivity contribution in [3.63, 3.8) is 0 Å². The van der Waals surface area contributed by atoms with Crippen molar-refractivity contribution in [2.75, 3.05) is 7.11 Å². The Morgan fingerprint density at radius 3 is 2.85 bits per heavy atom. The van der Waals surface area contributed by atoms with Crippen LogP contribution in [0, 0.1) is 5.82 Å². The molecule has 0 amide bonds. The van der Waals surface area contributed by atoms with E-state index in [-0.39, 0.29) is 12.1 Å². The topological polar surface area (TPSA) is 59.4 Å². The van der Waals surface area contributed by atoms with Gasteiger partial charge in [-0.3, -0.25) is 9.78 Å². The standard InChI is InChI=1S/C15H14FNO3/c1-20-11-5-2-4-10(8-11)9-12(15(18)19)14-13(16)6-3-7-17-14/h2-8,12H,9H2,1H3,(H,18,19). The van der Waals surface area contributed by atoms with Crippen LogP contribution in [0.4, 0.5) is 4.39 Å². The number of rotatable bonds is 5. The first-order chi connectivity index (χ1) is 9.61. The number of benzene rings is 1. The van der Waals surface area contributed by atoms with Gasteiger partial charge in [-0.2, -0.15) is 0 Å². The normalized spacial score (nSPS) is 11.9. The van der Waals surface area contributed by atoms with Crippen LogP contribution in [-0.4, -0.2) is 23.2 Å². The molecule has 0 fully saturated rings. The molecule has 4 nitrogen and oxygen atoms in total. The van der Waals surface area contributed by atoms with Gasteiger partial charge in [0.15, 0.2) is 0 Å². The van der Waals surface area contributed by atoms with Gasteiger partial charge in [-0.05, 0) is 36.2 Å². The lowest BCUT2D eigenvalue weighted by molar-refractivity contribution is -0.138. The molecule has 0 spiro atoms. The quantitative estimate of drug-likeness (QED) is 0.911. The lowest BCUT2D eigenvalue weighted by Gasteiger charge is -2.13. The molecular formula is C15H14FNO3. The summed E-state index contributed by atoms with van der Waals surface area (Å²) in [7, 11) is 1.53. The van der Waals surface area contributed by atoms with E-state index in [1.165, 1.54) is 25.4 Å². The van der Waals surface area contributed by atoms with Crippen LogP contribution in [0.15, 0.2) is 42.6 Å². The zero-order chi connectivity index (χ0) is 14.5. The van der Waals surface area contributed by atoms with Crippen molar-refractivity contribution < 1.29 is 19.0 Å². The van der Waals surface area contributed by atoms with Gasteiger partial charge >= 0.3 is 5.97 Å². The highest BCUT2D eigenvalue weighted by atomic mass is 19.1. The smallest absolute Gasteiger partial charge is 0.313 e. The molecule has 0 aliphatic rings. The van der Waals surface area contributed by atoms with E-state index in [2.05, 4.69) is 4.98 Å². The van der Waals surface area contributed by atoms with Crippen molar-refractivity contribution in [1.82, 2.24) is 4.98 Å². The Hall–Kier alpha value is -2.43. The van der Waals surface area contributed by atoms with Crippen LogP contribution >= 0.6 is 0 Å². The molecule has 1 unspecified atom stereocenters. The Balaban J connectivity index is 2.31. The second-order valence-electron chi connectivity index (χ2n) is 4.32. The molecule has 0 aliphatic heterocycles. The number of carbonyl (C=O) groups is 1. The highest BCUT2D eigenvalue weighted by Crippen LogP contribution is 2.23. The Kier molecular flexibility index (Phi) is 4.30. The molecule has 0 aliphatic carbocycles. The van der Waals surface area contributed by atoms with Gasteiger partial charge in [0.1, 0.15) is 17.5 Å². The average molecular weight is 275 g/mol. The molecule has 1 aromatic carbocycles. The number of aliphatic carboxylic acids is 1. The lowest BCUT2D eigenvalue weighted by atomic mass is 9.95. The number of pyridine rings is 1. The number of carboxylic acid groups (broad SMARTS) is 1. The van der Waals surface area contributed by atoms with Crippen molar-refractivity contribution in [1.29, 1.82) is 0 Å². The number of ether oxygens (including phenoxy) is 1. The van der Waals surface area contributed by atoms with Crippen LogP contribution in [0.3, 0.4) is 0 Å². The number of hydrogen-bond donors (Lipinski definition) is 1. The van der Waals surface area contributed by atoms with Crippen LogP contribution in [0.5, 0.6) is 5.75 Å². The molecule has 20 heavy (non-hydrogen) atoms. The van der Waals surface area contributed by atoms with Gasteiger partial charge in [-0.25, -0.2) is 4.39 Å². The van der Waals surface area contributed by atoms with Crippen molar-refractivity contribution in [3.05, 3.63) is 59.7 Å². The summed E-state index contributed by atoms with van der Waals surface area (Å²) < 4.78 is 18.8. The van der Waals surface area contributed by atoms with Crippen LogP contribution < -0.4 is 4.74 Å². The first-order valence-electron chi connectivity index (χ1n) is 6.08. The summed E-state index contributed by atoms with van der Waals surface area (Å²) in [4.78, 5) is 15.2. The fourth-order valence-electron chi connectivity index (χ4n) is 1.99. The highest BCUT2D eigenvalue weighted by molar-refractivity contribution is 5.76. The Morgan fingerprint density at radius 1 is 1.40 bits per heavy atom. The second kappa shape index (κ2) is 6.14. The van der Waals surface area contributed by atoms with Crippen LogP contribution in [0.2, 0.25) is 0 Å². The number of halogens is 1. The van der Waals surface area contributed by atoms with Crippen molar-refractivity contribution in [2.45, 2.75) is 12.3 Å². The summed E-state index contributed by atoms with van der Waals surface area (Å²) in [6.07, 6.45) is 1.54. The summed E-state index contributed by atoms with van der Waals surface area (Å²) in [5.41, 5.74) is 0.699.